The lowest BCUT2D eigenvalue weighted by Gasteiger charge is -2.21. The molecule has 3 rings (SSSR count). The second-order valence-electron chi connectivity index (χ2n) is 5.34. The fourth-order valence-corrected chi connectivity index (χ4v) is 2.65. The Bertz CT molecular complexity index is 466. The van der Waals surface area contributed by atoms with Gasteiger partial charge in [-0.15, -0.1) is 5.01 Å². The third-order valence-corrected chi connectivity index (χ3v) is 3.78. The minimum atomic E-state index is -0.479. The molecule has 1 aromatic rings. The van der Waals surface area contributed by atoms with E-state index in [9.17, 15) is 4.79 Å². The molecule has 21 heavy (non-hydrogen) atoms. The highest BCUT2D eigenvalue weighted by Crippen LogP contribution is 2.20. The Labute approximate surface area is 122 Å². The third kappa shape index (κ3) is 3.84. The maximum atomic E-state index is 11.8. The largest absolute Gasteiger partial charge is 0.446 e. The van der Waals surface area contributed by atoms with Gasteiger partial charge in [-0.3, -0.25) is 9.84 Å². The lowest BCUT2D eigenvalue weighted by molar-refractivity contribution is -0.759. The van der Waals surface area contributed by atoms with Gasteiger partial charge in [0, 0.05) is 0 Å². The molecule has 1 N–H and O–H groups in total. The van der Waals surface area contributed by atoms with Crippen LogP contribution in [0.5, 0.6) is 0 Å². The molecule has 0 bridgehead atoms. The number of amides is 1. The van der Waals surface area contributed by atoms with Crippen LogP contribution in [-0.4, -0.2) is 43.8 Å². The molecule has 1 saturated heterocycles. The Balaban J connectivity index is 1.50. The molecule has 0 unspecified atom stereocenters. The van der Waals surface area contributed by atoms with Crippen LogP contribution in [-0.2, 0) is 9.47 Å². The van der Waals surface area contributed by atoms with E-state index in [1.165, 1.54) is 6.42 Å². The summed E-state index contributed by atoms with van der Waals surface area (Å²) in [5, 5.41) is 8.44. The van der Waals surface area contributed by atoms with Crippen LogP contribution >= 0.6 is 0 Å². The molecule has 116 valence electrons. The van der Waals surface area contributed by atoms with Gasteiger partial charge in [0.15, 0.2) is 0 Å². The summed E-state index contributed by atoms with van der Waals surface area (Å²) in [4.78, 5) is 13.4. The first-order valence-electron chi connectivity index (χ1n) is 7.50. The summed E-state index contributed by atoms with van der Waals surface area (Å²) >= 11 is 0. The first kappa shape index (κ1) is 14.1. The number of hydrogen-bond acceptors (Lipinski definition) is 6. The van der Waals surface area contributed by atoms with Crippen molar-refractivity contribution in [3.63, 3.8) is 0 Å². The number of nitrogens with zero attached hydrogens (tertiary/aromatic N) is 3. The van der Waals surface area contributed by atoms with E-state index in [-0.39, 0.29) is 12.0 Å². The zero-order valence-corrected chi connectivity index (χ0v) is 12.0. The number of rotatable bonds is 3. The van der Waals surface area contributed by atoms with Crippen molar-refractivity contribution in [1.29, 1.82) is 0 Å². The average Bonchev–Trinajstić information content (AvgIpc) is 2.97. The van der Waals surface area contributed by atoms with Gasteiger partial charge in [-0.25, -0.2) is 4.79 Å². The van der Waals surface area contributed by atoms with E-state index in [2.05, 4.69) is 10.6 Å². The van der Waals surface area contributed by atoms with Crippen LogP contribution < -0.4 is 15.1 Å². The van der Waals surface area contributed by atoms with Crippen LogP contribution in [0.15, 0.2) is 10.7 Å². The average molecular weight is 297 g/mol. The number of morpholine rings is 1. The van der Waals surface area contributed by atoms with Crippen molar-refractivity contribution in [1.82, 2.24) is 5.27 Å². The van der Waals surface area contributed by atoms with Crippen molar-refractivity contribution >= 4 is 12.0 Å². The predicted octanol–water partition coefficient (Wildman–Crippen LogP) is 0.811. The van der Waals surface area contributed by atoms with E-state index in [1.807, 2.05) is 5.01 Å². The lowest BCUT2D eigenvalue weighted by atomic mass is 9.98. The van der Waals surface area contributed by atoms with Gasteiger partial charge in [0.1, 0.15) is 6.10 Å². The molecule has 1 aliphatic carbocycles. The number of anilines is 1. The Morgan fingerprint density at radius 3 is 2.86 bits per heavy atom. The van der Waals surface area contributed by atoms with E-state index >= 15 is 0 Å². The quantitative estimate of drug-likeness (QED) is 0.832. The fourth-order valence-electron chi connectivity index (χ4n) is 2.65. The monoisotopic (exact) mass is 297 g/mol. The van der Waals surface area contributed by atoms with Crippen LogP contribution in [0, 0.1) is 0 Å². The van der Waals surface area contributed by atoms with Gasteiger partial charge in [-0.2, -0.15) is 0 Å². The summed E-state index contributed by atoms with van der Waals surface area (Å²) < 4.78 is 15.7. The molecule has 0 radical (unpaired) electrons. The molecule has 0 spiro atoms. The molecule has 0 aromatic carbocycles. The van der Waals surface area contributed by atoms with Gasteiger partial charge in [0.2, 0.25) is 5.27 Å². The smallest absolute Gasteiger partial charge is 0.414 e. The Kier molecular flexibility index (Phi) is 4.54. The number of hydrogen-bond donors (Lipinski definition) is 1. The highest BCUT2D eigenvalue weighted by molar-refractivity contribution is 5.82. The zero-order valence-electron chi connectivity index (χ0n) is 12.0. The fraction of sp³-hybridized carbons (Fsp3) is 0.769. The first-order valence-corrected chi connectivity index (χ1v) is 7.50. The number of nitrogens with one attached hydrogen (secondary N) is 1. The normalized spacial score (nSPS) is 20.3. The summed E-state index contributed by atoms with van der Waals surface area (Å²) in [5.74, 6) is 0.280. The van der Waals surface area contributed by atoms with E-state index in [4.69, 9.17) is 14.0 Å². The van der Waals surface area contributed by atoms with Gasteiger partial charge in [-0.05, 0) is 25.7 Å². The molecule has 0 atom stereocenters. The summed E-state index contributed by atoms with van der Waals surface area (Å²) in [6.45, 7) is 2.80. The summed E-state index contributed by atoms with van der Waals surface area (Å²) in [5.41, 5.74) is 0. The molecule has 1 saturated carbocycles. The summed E-state index contributed by atoms with van der Waals surface area (Å²) in [6.07, 6.45) is 6.53. The SMILES string of the molecule is O=C(Nc1c[n+](N2CCOCC2)no1)OC1CCCCC1. The minimum Gasteiger partial charge on any atom is -0.446 e. The van der Waals surface area contributed by atoms with E-state index in [0.717, 1.165) is 38.8 Å². The maximum absolute atomic E-state index is 11.8. The molecule has 2 aliphatic rings. The van der Waals surface area contributed by atoms with Crippen LogP contribution in [0.1, 0.15) is 32.1 Å². The first-order chi connectivity index (χ1) is 10.3. The highest BCUT2D eigenvalue weighted by Gasteiger charge is 2.24. The molecule has 1 amide bonds. The number of aromatic nitrogens is 2. The molecule has 2 heterocycles. The summed E-state index contributed by atoms with van der Waals surface area (Å²) in [6, 6.07) is 0. The second kappa shape index (κ2) is 6.75. The van der Waals surface area contributed by atoms with Crippen LogP contribution in [0.25, 0.3) is 0 Å². The van der Waals surface area contributed by atoms with Crippen molar-refractivity contribution in [3.8, 4) is 0 Å². The van der Waals surface area contributed by atoms with E-state index in [0.29, 0.717) is 13.2 Å². The standard InChI is InChI=1S/C13H20N4O4/c18-13(20-11-4-2-1-3-5-11)14-12-10-17(15-21-12)16-6-8-19-9-7-16/h10-11H,1-9H2/p+1. The van der Waals surface area contributed by atoms with Gasteiger partial charge in [0.05, 0.1) is 31.1 Å². The lowest BCUT2D eigenvalue weighted by Crippen LogP contribution is -2.62. The maximum Gasteiger partial charge on any atom is 0.414 e. The zero-order chi connectivity index (χ0) is 14.5. The van der Waals surface area contributed by atoms with Crippen molar-refractivity contribution in [3.05, 3.63) is 6.20 Å². The van der Waals surface area contributed by atoms with Gasteiger partial charge in [-0.1, -0.05) is 6.42 Å². The van der Waals surface area contributed by atoms with Crippen molar-refractivity contribution in [2.75, 3.05) is 36.6 Å². The predicted molar refractivity (Wildman–Crippen MR) is 72.4 cm³/mol. The van der Waals surface area contributed by atoms with Crippen molar-refractivity contribution < 1.29 is 23.6 Å². The van der Waals surface area contributed by atoms with E-state index < -0.39 is 6.09 Å². The Morgan fingerprint density at radius 2 is 2.10 bits per heavy atom. The molecule has 8 nitrogen and oxygen atoms in total. The Morgan fingerprint density at radius 1 is 1.33 bits per heavy atom. The van der Waals surface area contributed by atoms with Gasteiger partial charge >= 0.3 is 12.0 Å². The Hall–Kier alpha value is -1.83. The topological polar surface area (TPSA) is 80.7 Å². The van der Waals surface area contributed by atoms with Gasteiger partial charge in [0.25, 0.3) is 6.20 Å². The van der Waals surface area contributed by atoms with Crippen molar-refractivity contribution in [2.24, 2.45) is 0 Å². The number of carbonyl (C=O) groups is 1. The molecule has 1 aliphatic heterocycles. The highest BCUT2D eigenvalue weighted by atomic mass is 16.6. The minimum absolute atomic E-state index is 0.0213. The molecule has 8 heteroatoms. The van der Waals surface area contributed by atoms with Crippen LogP contribution in [0.3, 0.4) is 0 Å². The second-order valence-corrected chi connectivity index (χ2v) is 5.34. The molecule has 1 aromatic heterocycles. The molecular weight excluding hydrogens is 276 g/mol. The van der Waals surface area contributed by atoms with E-state index in [1.54, 1.807) is 11.0 Å². The summed E-state index contributed by atoms with van der Waals surface area (Å²) in [7, 11) is 0. The number of carbonyl (C=O) groups excluding carboxylic acids is 1. The molecular formula is C13H21N4O4+. The number of ether oxygens (including phenoxy) is 2. The van der Waals surface area contributed by atoms with Crippen LogP contribution in [0.2, 0.25) is 0 Å². The van der Waals surface area contributed by atoms with Crippen molar-refractivity contribution in [2.45, 2.75) is 38.2 Å². The van der Waals surface area contributed by atoms with Gasteiger partial charge < -0.3 is 9.47 Å². The molecule has 2 fully saturated rings. The third-order valence-electron chi connectivity index (χ3n) is 3.78. The van der Waals surface area contributed by atoms with Crippen LogP contribution in [0.4, 0.5) is 10.7 Å².